The highest BCUT2D eigenvalue weighted by molar-refractivity contribution is 9.10. The van der Waals surface area contributed by atoms with Crippen LogP contribution in [0.15, 0.2) is 22.8 Å². The van der Waals surface area contributed by atoms with Crippen LogP contribution in [0.1, 0.15) is 19.8 Å². The van der Waals surface area contributed by atoms with Crippen molar-refractivity contribution in [2.45, 2.75) is 25.3 Å². The predicted octanol–water partition coefficient (Wildman–Crippen LogP) is 4.03. The number of ether oxygens (including phenoxy) is 1. The number of anilines is 1. The lowest BCUT2D eigenvalue weighted by atomic mass is 9.91. The Balaban J connectivity index is 2.16. The first kappa shape index (κ1) is 16.1. The lowest BCUT2D eigenvalue weighted by Crippen LogP contribution is -2.40. The fourth-order valence-electron chi connectivity index (χ4n) is 2.70. The summed E-state index contributed by atoms with van der Waals surface area (Å²) in [5.74, 6) is -0.456. The van der Waals surface area contributed by atoms with Crippen LogP contribution in [0.3, 0.4) is 0 Å². The molecule has 6 nitrogen and oxygen atoms in total. The van der Waals surface area contributed by atoms with Crippen molar-refractivity contribution < 1.29 is 14.1 Å². The quantitative estimate of drug-likeness (QED) is 0.639. The van der Waals surface area contributed by atoms with Crippen molar-refractivity contribution in [3.63, 3.8) is 0 Å². The fourth-order valence-corrected chi connectivity index (χ4v) is 3.04. The number of halogens is 2. The van der Waals surface area contributed by atoms with Gasteiger partial charge in [0.2, 0.25) is 0 Å². The number of fused-ring (bicyclic) bond motifs is 1. The van der Waals surface area contributed by atoms with Gasteiger partial charge in [0.05, 0.1) is 14.9 Å². The van der Waals surface area contributed by atoms with Gasteiger partial charge < -0.3 is 10.1 Å². The van der Waals surface area contributed by atoms with Crippen molar-refractivity contribution >= 4 is 38.2 Å². The van der Waals surface area contributed by atoms with Crippen molar-refractivity contribution in [3.05, 3.63) is 38.7 Å². The van der Waals surface area contributed by atoms with Crippen LogP contribution in [0, 0.1) is 15.9 Å². The molecule has 1 aliphatic rings. The van der Waals surface area contributed by atoms with E-state index in [0.29, 0.717) is 29.8 Å². The molecule has 0 saturated carbocycles. The van der Waals surface area contributed by atoms with E-state index in [0.717, 1.165) is 12.8 Å². The maximum absolute atomic E-state index is 13.7. The molecule has 0 atom stereocenters. The summed E-state index contributed by atoms with van der Waals surface area (Å²) < 4.78 is 19.3. The molecule has 1 aliphatic heterocycles. The van der Waals surface area contributed by atoms with Gasteiger partial charge in [0.15, 0.2) is 0 Å². The third-order valence-corrected chi connectivity index (χ3v) is 4.72. The average molecular weight is 384 g/mol. The number of hydrogen-bond donors (Lipinski definition) is 1. The second-order valence-electron chi connectivity index (χ2n) is 5.86. The number of rotatable bonds is 3. The van der Waals surface area contributed by atoms with Crippen LogP contribution in [0.2, 0.25) is 0 Å². The van der Waals surface area contributed by atoms with E-state index in [1.807, 2.05) is 6.92 Å². The summed E-state index contributed by atoms with van der Waals surface area (Å²) in [5.41, 5.74) is 0.293. The van der Waals surface area contributed by atoms with Gasteiger partial charge in [0, 0.05) is 30.2 Å². The minimum absolute atomic E-state index is 0.122. The molecule has 0 bridgehead atoms. The molecule has 2 aromatic rings. The molecule has 0 spiro atoms. The summed E-state index contributed by atoms with van der Waals surface area (Å²) in [4.78, 5) is 14.9. The highest BCUT2D eigenvalue weighted by Gasteiger charge is 2.31. The minimum atomic E-state index is -0.477. The van der Waals surface area contributed by atoms with E-state index in [2.05, 4.69) is 26.2 Å². The number of hydrogen-bond acceptors (Lipinski definition) is 5. The summed E-state index contributed by atoms with van der Waals surface area (Å²) in [6, 6.07) is 2.79. The van der Waals surface area contributed by atoms with Crippen LogP contribution < -0.4 is 5.32 Å². The molecular weight excluding hydrogens is 369 g/mol. The zero-order valence-electron chi connectivity index (χ0n) is 12.4. The van der Waals surface area contributed by atoms with Crippen molar-refractivity contribution in [3.8, 4) is 0 Å². The second-order valence-corrected chi connectivity index (χ2v) is 6.71. The van der Waals surface area contributed by atoms with Gasteiger partial charge in [0.25, 0.3) is 0 Å². The standard InChI is InChI=1S/C15H15BrFN3O3/c1-15(2-4-23-5-3-15)19-14-9-6-10(16)11(17)7-12(9)18-8-13(14)20(21)22/h6-8H,2-5H2,1H3,(H,18,19). The number of nitrogens with zero attached hydrogens (tertiary/aromatic N) is 2. The highest BCUT2D eigenvalue weighted by Crippen LogP contribution is 2.37. The zero-order valence-corrected chi connectivity index (χ0v) is 14.0. The van der Waals surface area contributed by atoms with Gasteiger partial charge in [-0.3, -0.25) is 10.1 Å². The van der Waals surface area contributed by atoms with Crippen molar-refractivity contribution in [1.82, 2.24) is 4.98 Å². The lowest BCUT2D eigenvalue weighted by Gasteiger charge is -2.35. The van der Waals surface area contributed by atoms with Crippen molar-refractivity contribution in [2.75, 3.05) is 18.5 Å². The van der Waals surface area contributed by atoms with Crippen LogP contribution in [0.5, 0.6) is 0 Å². The van der Waals surface area contributed by atoms with Crippen molar-refractivity contribution in [2.24, 2.45) is 0 Å². The van der Waals surface area contributed by atoms with Gasteiger partial charge in [-0.05, 0) is 41.8 Å². The Hall–Kier alpha value is -1.80. The maximum atomic E-state index is 13.7. The molecule has 3 rings (SSSR count). The van der Waals surface area contributed by atoms with Gasteiger partial charge in [-0.2, -0.15) is 0 Å². The highest BCUT2D eigenvalue weighted by atomic mass is 79.9. The number of pyridine rings is 1. The largest absolute Gasteiger partial charge is 0.381 e. The van der Waals surface area contributed by atoms with E-state index in [-0.39, 0.29) is 15.7 Å². The Morgan fingerprint density at radius 1 is 1.43 bits per heavy atom. The third-order valence-electron chi connectivity index (χ3n) is 4.11. The summed E-state index contributed by atoms with van der Waals surface area (Å²) in [5, 5.41) is 15.2. The summed E-state index contributed by atoms with van der Waals surface area (Å²) in [6.45, 7) is 3.20. The van der Waals surface area contributed by atoms with Crippen LogP contribution >= 0.6 is 15.9 Å². The summed E-state index contributed by atoms with van der Waals surface area (Å²) >= 11 is 3.13. The smallest absolute Gasteiger partial charge is 0.311 e. The predicted molar refractivity (Wildman–Crippen MR) is 88.1 cm³/mol. The number of benzene rings is 1. The monoisotopic (exact) mass is 383 g/mol. The Labute approximate surface area is 140 Å². The topological polar surface area (TPSA) is 77.3 Å². The molecule has 122 valence electrons. The zero-order chi connectivity index (χ0) is 16.6. The van der Waals surface area contributed by atoms with Gasteiger partial charge in [-0.15, -0.1) is 0 Å². The molecule has 0 radical (unpaired) electrons. The number of nitrogens with one attached hydrogen (secondary N) is 1. The van der Waals surface area contributed by atoms with Crippen LogP contribution in [-0.2, 0) is 4.74 Å². The molecule has 8 heteroatoms. The van der Waals surface area contributed by atoms with Crippen LogP contribution in [0.4, 0.5) is 15.8 Å². The van der Waals surface area contributed by atoms with Gasteiger partial charge in [0.1, 0.15) is 17.7 Å². The van der Waals surface area contributed by atoms with E-state index in [4.69, 9.17) is 4.74 Å². The molecule has 0 aliphatic carbocycles. The second kappa shape index (κ2) is 6.01. The lowest BCUT2D eigenvalue weighted by molar-refractivity contribution is -0.384. The molecule has 23 heavy (non-hydrogen) atoms. The molecule has 1 fully saturated rings. The van der Waals surface area contributed by atoms with E-state index in [1.165, 1.54) is 18.3 Å². The summed E-state index contributed by atoms with van der Waals surface area (Å²) in [7, 11) is 0. The number of aromatic nitrogens is 1. The Morgan fingerprint density at radius 3 is 2.78 bits per heavy atom. The Kier molecular flexibility index (Phi) is 4.20. The first-order valence-electron chi connectivity index (χ1n) is 7.18. The number of nitro groups is 1. The van der Waals surface area contributed by atoms with E-state index in [9.17, 15) is 14.5 Å². The average Bonchev–Trinajstić information content (AvgIpc) is 2.49. The SMILES string of the molecule is CC1(Nc2c([N+](=O)[O-])cnc3cc(F)c(Br)cc23)CCOCC1. The minimum Gasteiger partial charge on any atom is -0.381 e. The first-order valence-corrected chi connectivity index (χ1v) is 7.97. The molecule has 0 unspecified atom stereocenters. The fraction of sp³-hybridized carbons (Fsp3) is 0.400. The van der Waals surface area contributed by atoms with Gasteiger partial charge in [-0.1, -0.05) is 0 Å². The van der Waals surface area contributed by atoms with Gasteiger partial charge in [-0.25, -0.2) is 9.37 Å². The van der Waals surface area contributed by atoms with Gasteiger partial charge >= 0.3 is 5.69 Å². The first-order chi connectivity index (χ1) is 10.9. The van der Waals surface area contributed by atoms with Crippen LogP contribution in [-0.4, -0.2) is 28.7 Å². The van der Waals surface area contributed by atoms with Crippen LogP contribution in [0.25, 0.3) is 10.9 Å². The van der Waals surface area contributed by atoms with E-state index >= 15 is 0 Å². The molecule has 1 aromatic heterocycles. The molecule has 1 N–H and O–H groups in total. The third kappa shape index (κ3) is 3.13. The molecule has 1 aromatic carbocycles. The van der Waals surface area contributed by atoms with E-state index < -0.39 is 10.7 Å². The Morgan fingerprint density at radius 2 is 2.13 bits per heavy atom. The van der Waals surface area contributed by atoms with Crippen molar-refractivity contribution in [1.29, 1.82) is 0 Å². The maximum Gasteiger partial charge on any atom is 0.311 e. The normalized spacial score (nSPS) is 17.2. The molecular formula is C15H15BrFN3O3. The molecule has 0 amide bonds. The Bertz CT molecular complexity index is 778. The van der Waals surface area contributed by atoms with E-state index in [1.54, 1.807) is 0 Å². The molecule has 1 saturated heterocycles. The summed E-state index contributed by atoms with van der Waals surface area (Å²) in [6.07, 6.45) is 2.63. The molecule has 2 heterocycles.